The van der Waals surface area contributed by atoms with Crippen LogP contribution in [0.5, 0.6) is 0 Å². The summed E-state index contributed by atoms with van der Waals surface area (Å²) >= 11 is 7.33. The van der Waals surface area contributed by atoms with Crippen LogP contribution in [0.4, 0.5) is 5.69 Å². The molecule has 1 fully saturated rings. The zero-order valence-electron chi connectivity index (χ0n) is 12.0. The average Bonchev–Trinajstić information content (AvgIpc) is 2.70. The predicted molar refractivity (Wildman–Crippen MR) is 86.9 cm³/mol. The largest absolute Gasteiger partial charge is 0.326 e. The van der Waals surface area contributed by atoms with Crippen LogP contribution < -0.4 is 5.32 Å². The molecule has 0 unspecified atom stereocenters. The second kappa shape index (κ2) is 6.49. The Kier molecular flexibility index (Phi) is 4.90. The molecule has 21 heavy (non-hydrogen) atoms. The number of carbonyl (C=O) groups is 2. The first-order valence-corrected chi connectivity index (χ1v) is 7.65. The van der Waals surface area contributed by atoms with E-state index in [0.29, 0.717) is 15.9 Å². The number of benzene rings is 1. The summed E-state index contributed by atoms with van der Waals surface area (Å²) in [5, 5.41) is 3.57. The lowest BCUT2D eigenvalue weighted by Crippen LogP contribution is -2.30. The minimum absolute atomic E-state index is 0.0994. The second-order valence-corrected chi connectivity index (χ2v) is 6.30. The van der Waals surface area contributed by atoms with Crippen molar-refractivity contribution in [3.63, 3.8) is 0 Å². The highest BCUT2D eigenvalue weighted by atomic mass is 35.5. The Morgan fingerprint density at radius 1 is 1.52 bits per heavy atom. The van der Waals surface area contributed by atoms with Gasteiger partial charge in [-0.3, -0.25) is 19.5 Å². The van der Waals surface area contributed by atoms with Gasteiger partial charge in [-0.2, -0.15) is 0 Å². The van der Waals surface area contributed by atoms with Gasteiger partial charge in [0.1, 0.15) is 5.25 Å². The van der Waals surface area contributed by atoms with Crippen LogP contribution in [0.15, 0.2) is 23.2 Å². The van der Waals surface area contributed by atoms with Crippen molar-refractivity contribution in [3.8, 4) is 0 Å². The number of hydrogen-bond acceptors (Lipinski definition) is 4. The summed E-state index contributed by atoms with van der Waals surface area (Å²) in [7, 11) is 3.29. The number of amides is 2. The van der Waals surface area contributed by atoms with Crippen molar-refractivity contribution in [2.75, 3.05) is 19.4 Å². The molecule has 0 aromatic heterocycles. The minimum Gasteiger partial charge on any atom is -0.326 e. The van der Waals surface area contributed by atoms with Crippen molar-refractivity contribution >= 4 is 46.0 Å². The van der Waals surface area contributed by atoms with Crippen molar-refractivity contribution < 1.29 is 9.59 Å². The molecule has 1 aliphatic rings. The highest BCUT2D eigenvalue weighted by Crippen LogP contribution is 2.28. The summed E-state index contributed by atoms with van der Waals surface area (Å²) in [4.78, 5) is 29.5. The van der Waals surface area contributed by atoms with Gasteiger partial charge >= 0.3 is 0 Å². The molecule has 1 N–H and O–H groups in total. The molecular weight excluding hydrogens is 310 g/mol. The third-order valence-corrected chi connectivity index (χ3v) is 4.89. The van der Waals surface area contributed by atoms with Gasteiger partial charge in [0.2, 0.25) is 11.8 Å². The third kappa shape index (κ3) is 3.57. The molecule has 2 rings (SSSR count). The zero-order chi connectivity index (χ0) is 15.6. The lowest BCUT2D eigenvalue weighted by atomic mass is 10.2. The van der Waals surface area contributed by atoms with E-state index in [0.717, 1.165) is 5.56 Å². The number of nitrogens with one attached hydrogen (secondary N) is 1. The fourth-order valence-corrected chi connectivity index (χ4v) is 3.23. The average molecular weight is 326 g/mol. The summed E-state index contributed by atoms with van der Waals surface area (Å²) in [6, 6.07) is 5.32. The van der Waals surface area contributed by atoms with Crippen molar-refractivity contribution in [2.45, 2.75) is 18.6 Å². The summed E-state index contributed by atoms with van der Waals surface area (Å²) in [6.45, 7) is 1.89. The van der Waals surface area contributed by atoms with E-state index < -0.39 is 5.25 Å². The molecule has 0 bridgehead atoms. The normalized spacial score (nSPS) is 20.2. The van der Waals surface area contributed by atoms with Gasteiger partial charge in [-0.25, -0.2) is 0 Å². The first-order chi connectivity index (χ1) is 9.92. The Morgan fingerprint density at radius 2 is 2.24 bits per heavy atom. The maximum Gasteiger partial charge on any atom is 0.242 e. The second-order valence-electron chi connectivity index (χ2n) is 4.73. The Bertz CT molecular complexity index is 618. The van der Waals surface area contributed by atoms with Gasteiger partial charge in [-0.05, 0) is 24.6 Å². The number of thioether (sulfide) groups is 1. The Balaban J connectivity index is 1.99. The summed E-state index contributed by atoms with van der Waals surface area (Å²) in [6.07, 6.45) is 0.109. The number of anilines is 1. The van der Waals surface area contributed by atoms with Crippen molar-refractivity contribution in [3.05, 3.63) is 28.8 Å². The fraction of sp³-hybridized carbons (Fsp3) is 0.357. The van der Waals surface area contributed by atoms with Gasteiger partial charge in [0, 0.05) is 31.2 Å². The third-order valence-electron chi connectivity index (χ3n) is 3.16. The first-order valence-electron chi connectivity index (χ1n) is 6.39. The molecule has 1 heterocycles. The molecule has 0 spiro atoms. The lowest BCUT2D eigenvalue weighted by molar-refractivity contribution is -0.127. The Morgan fingerprint density at radius 3 is 2.81 bits per heavy atom. The van der Waals surface area contributed by atoms with Crippen molar-refractivity contribution in [1.29, 1.82) is 0 Å². The highest BCUT2D eigenvalue weighted by Gasteiger charge is 2.36. The molecule has 0 radical (unpaired) electrons. The molecule has 0 saturated carbocycles. The molecule has 5 nitrogen and oxygen atoms in total. The van der Waals surface area contributed by atoms with Gasteiger partial charge in [0.15, 0.2) is 5.17 Å². The molecule has 1 aliphatic heterocycles. The zero-order valence-corrected chi connectivity index (χ0v) is 13.6. The maximum atomic E-state index is 12.0. The van der Waals surface area contributed by atoms with Crippen LogP contribution in [-0.4, -0.2) is 41.2 Å². The van der Waals surface area contributed by atoms with Gasteiger partial charge in [0.05, 0.1) is 0 Å². The van der Waals surface area contributed by atoms with Crippen LogP contribution in [0.1, 0.15) is 12.0 Å². The molecular formula is C14H16ClN3O2S. The van der Waals surface area contributed by atoms with Gasteiger partial charge in [-0.1, -0.05) is 29.4 Å². The molecule has 1 saturated heterocycles. The van der Waals surface area contributed by atoms with Gasteiger partial charge < -0.3 is 5.32 Å². The SMILES string of the molecule is CN=C1S[C@@H](CC(=O)Nc2ccc(C)c(Cl)c2)C(=O)N1C. The van der Waals surface area contributed by atoms with E-state index >= 15 is 0 Å². The number of halogens is 1. The van der Waals surface area contributed by atoms with Crippen molar-refractivity contribution in [1.82, 2.24) is 4.90 Å². The fourth-order valence-electron chi connectivity index (χ4n) is 1.95. The van der Waals surface area contributed by atoms with Crippen LogP contribution in [0.2, 0.25) is 5.02 Å². The van der Waals surface area contributed by atoms with E-state index in [9.17, 15) is 9.59 Å². The molecule has 1 aromatic rings. The van der Waals surface area contributed by atoms with E-state index in [1.807, 2.05) is 13.0 Å². The van der Waals surface area contributed by atoms with E-state index in [1.165, 1.54) is 16.7 Å². The number of aryl methyl sites for hydroxylation is 1. The van der Waals surface area contributed by atoms with Crippen LogP contribution in [-0.2, 0) is 9.59 Å². The number of amidine groups is 1. The number of carbonyl (C=O) groups excluding carboxylic acids is 2. The molecule has 0 aliphatic carbocycles. The number of rotatable bonds is 3. The molecule has 7 heteroatoms. The Hall–Kier alpha value is -1.53. The molecule has 1 aromatic carbocycles. The first kappa shape index (κ1) is 15.9. The monoisotopic (exact) mass is 325 g/mol. The standard InChI is InChI=1S/C14H16ClN3O2S/c1-8-4-5-9(6-10(8)15)17-12(19)7-11-13(20)18(3)14(16-2)21-11/h4-6,11H,7H2,1-3H3,(H,17,19)/t11-/m0/s1. The predicted octanol–water partition coefficient (Wildman–Crippen LogP) is 2.54. The molecule has 112 valence electrons. The maximum absolute atomic E-state index is 12.0. The van der Waals surface area contributed by atoms with E-state index in [1.54, 1.807) is 26.2 Å². The highest BCUT2D eigenvalue weighted by molar-refractivity contribution is 8.15. The number of aliphatic imine (C=N–C) groups is 1. The van der Waals surface area contributed by atoms with Crippen LogP contribution in [0, 0.1) is 6.92 Å². The summed E-state index contributed by atoms with van der Waals surface area (Å²) in [5.41, 5.74) is 1.57. The quantitative estimate of drug-likeness (QED) is 0.929. The summed E-state index contributed by atoms with van der Waals surface area (Å²) in [5.74, 6) is -0.316. The lowest BCUT2D eigenvalue weighted by Gasteiger charge is -2.09. The van der Waals surface area contributed by atoms with E-state index in [-0.39, 0.29) is 18.2 Å². The van der Waals surface area contributed by atoms with Gasteiger partial charge in [-0.15, -0.1) is 0 Å². The molecule has 1 atom stereocenters. The topological polar surface area (TPSA) is 61.8 Å². The smallest absolute Gasteiger partial charge is 0.242 e. The van der Waals surface area contributed by atoms with Gasteiger partial charge in [0.25, 0.3) is 0 Å². The van der Waals surface area contributed by atoms with E-state index in [2.05, 4.69) is 10.3 Å². The number of hydrogen-bond donors (Lipinski definition) is 1. The van der Waals surface area contributed by atoms with E-state index in [4.69, 9.17) is 11.6 Å². The van der Waals surface area contributed by atoms with Crippen molar-refractivity contribution in [2.24, 2.45) is 4.99 Å². The van der Waals surface area contributed by atoms with Crippen LogP contribution in [0.3, 0.4) is 0 Å². The minimum atomic E-state index is -0.422. The van der Waals surface area contributed by atoms with Crippen LogP contribution in [0.25, 0.3) is 0 Å². The van der Waals surface area contributed by atoms with Crippen LogP contribution >= 0.6 is 23.4 Å². The number of nitrogens with zero attached hydrogens (tertiary/aromatic N) is 2. The summed E-state index contributed by atoms with van der Waals surface area (Å²) < 4.78 is 0. The molecule has 2 amide bonds. The Labute approximate surface area is 132 Å².